The predicted molar refractivity (Wildman–Crippen MR) is 96.4 cm³/mol. The number of hydrogen-bond acceptors (Lipinski definition) is 4. The van der Waals surface area contributed by atoms with Gasteiger partial charge in [-0.15, -0.1) is 0 Å². The quantitative estimate of drug-likeness (QED) is 0.841. The lowest BCUT2D eigenvalue weighted by atomic mass is 10.2. The minimum Gasteiger partial charge on any atom is -0.373 e. The van der Waals surface area contributed by atoms with Crippen molar-refractivity contribution in [2.24, 2.45) is 0 Å². The summed E-state index contributed by atoms with van der Waals surface area (Å²) in [6.07, 6.45) is 0.111. The fourth-order valence-electron chi connectivity index (χ4n) is 2.76. The highest BCUT2D eigenvalue weighted by Crippen LogP contribution is 2.25. The van der Waals surface area contributed by atoms with Crippen molar-refractivity contribution in [3.63, 3.8) is 0 Å². The van der Waals surface area contributed by atoms with E-state index in [2.05, 4.69) is 10.6 Å². The zero-order valence-corrected chi connectivity index (χ0v) is 14.1. The standard InChI is InChI=1S/C19H19N3O3/c1-12-3-9-16(10-4-12)22-18(24)11-17(19(22)25)21-15-7-5-14(6-8-15)20-13(2)23/h3-10,17,21H,11H2,1-2H3,(H,20,23). The number of carbonyl (C=O) groups excluding carboxylic acids is 3. The average molecular weight is 337 g/mol. The van der Waals surface area contributed by atoms with Crippen LogP contribution in [0.1, 0.15) is 18.9 Å². The number of benzene rings is 2. The van der Waals surface area contributed by atoms with E-state index in [0.29, 0.717) is 17.1 Å². The Bertz CT molecular complexity index is 813. The van der Waals surface area contributed by atoms with Crippen LogP contribution < -0.4 is 15.5 Å². The highest BCUT2D eigenvalue weighted by molar-refractivity contribution is 6.23. The van der Waals surface area contributed by atoms with Gasteiger partial charge in [0.25, 0.3) is 5.91 Å². The molecule has 1 heterocycles. The Kier molecular flexibility index (Phi) is 4.52. The third-order valence-corrected chi connectivity index (χ3v) is 3.98. The van der Waals surface area contributed by atoms with Gasteiger partial charge in [-0.25, -0.2) is 4.90 Å². The summed E-state index contributed by atoms with van der Waals surface area (Å²) in [5.74, 6) is -0.632. The van der Waals surface area contributed by atoms with Crippen LogP contribution in [0.5, 0.6) is 0 Å². The van der Waals surface area contributed by atoms with Crippen LogP contribution >= 0.6 is 0 Å². The molecule has 0 radical (unpaired) electrons. The lowest BCUT2D eigenvalue weighted by Gasteiger charge is -2.16. The summed E-state index contributed by atoms with van der Waals surface area (Å²) in [7, 11) is 0. The van der Waals surface area contributed by atoms with Crippen LogP contribution in [0.2, 0.25) is 0 Å². The van der Waals surface area contributed by atoms with Gasteiger partial charge in [-0.2, -0.15) is 0 Å². The van der Waals surface area contributed by atoms with E-state index in [4.69, 9.17) is 0 Å². The normalized spacial score (nSPS) is 16.9. The molecule has 128 valence electrons. The number of hydrogen-bond donors (Lipinski definition) is 2. The molecule has 3 amide bonds. The van der Waals surface area contributed by atoms with Crippen molar-refractivity contribution in [3.05, 3.63) is 54.1 Å². The molecule has 0 aromatic heterocycles. The maximum Gasteiger partial charge on any atom is 0.256 e. The van der Waals surface area contributed by atoms with Gasteiger partial charge in [-0.1, -0.05) is 17.7 Å². The lowest BCUT2D eigenvalue weighted by Crippen LogP contribution is -2.34. The molecule has 0 saturated carbocycles. The van der Waals surface area contributed by atoms with E-state index < -0.39 is 6.04 Å². The van der Waals surface area contributed by atoms with Crippen molar-refractivity contribution < 1.29 is 14.4 Å². The van der Waals surface area contributed by atoms with Crippen LogP contribution in [-0.2, 0) is 14.4 Å². The predicted octanol–water partition coefficient (Wildman–Crippen LogP) is 2.70. The molecule has 0 spiro atoms. The molecule has 2 N–H and O–H groups in total. The second-order valence-corrected chi connectivity index (χ2v) is 6.06. The molecule has 1 saturated heterocycles. The van der Waals surface area contributed by atoms with Crippen molar-refractivity contribution >= 4 is 34.8 Å². The molecule has 1 atom stereocenters. The molecule has 0 bridgehead atoms. The largest absolute Gasteiger partial charge is 0.373 e. The monoisotopic (exact) mass is 337 g/mol. The topological polar surface area (TPSA) is 78.5 Å². The Morgan fingerprint density at radius 2 is 1.60 bits per heavy atom. The zero-order chi connectivity index (χ0) is 18.0. The molecule has 3 rings (SSSR count). The van der Waals surface area contributed by atoms with E-state index in [1.807, 2.05) is 19.1 Å². The number of imide groups is 1. The highest BCUT2D eigenvalue weighted by atomic mass is 16.2. The summed E-state index contributed by atoms with van der Waals surface area (Å²) in [6, 6.07) is 13.7. The van der Waals surface area contributed by atoms with Gasteiger partial charge in [0.2, 0.25) is 11.8 Å². The average Bonchev–Trinajstić information content (AvgIpc) is 2.84. The van der Waals surface area contributed by atoms with Gasteiger partial charge in [0.15, 0.2) is 0 Å². The molecule has 2 aromatic carbocycles. The third kappa shape index (κ3) is 3.68. The fraction of sp³-hybridized carbons (Fsp3) is 0.211. The number of rotatable bonds is 4. The van der Waals surface area contributed by atoms with Gasteiger partial charge in [0, 0.05) is 18.3 Å². The molecule has 6 heteroatoms. The van der Waals surface area contributed by atoms with E-state index in [1.165, 1.54) is 11.8 Å². The molecule has 1 fully saturated rings. The van der Waals surface area contributed by atoms with Crippen molar-refractivity contribution in [3.8, 4) is 0 Å². The summed E-state index contributed by atoms with van der Waals surface area (Å²) in [6.45, 7) is 3.39. The van der Waals surface area contributed by atoms with E-state index in [0.717, 1.165) is 5.56 Å². The first-order chi connectivity index (χ1) is 11.9. The maximum atomic E-state index is 12.6. The summed E-state index contributed by atoms with van der Waals surface area (Å²) in [4.78, 5) is 37.1. The van der Waals surface area contributed by atoms with E-state index in [1.54, 1.807) is 36.4 Å². The molecule has 25 heavy (non-hydrogen) atoms. The summed E-state index contributed by atoms with van der Waals surface area (Å²) < 4.78 is 0. The Labute approximate surface area is 145 Å². The second kappa shape index (κ2) is 6.76. The molecule has 1 aliphatic rings. The van der Waals surface area contributed by atoms with Crippen LogP contribution in [0, 0.1) is 6.92 Å². The minimum absolute atomic E-state index is 0.111. The van der Waals surface area contributed by atoms with E-state index >= 15 is 0 Å². The first-order valence-electron chi connectivity index (χ1n) is 8.02. The second-order valence-electron chi connectivity index (χ2n) is 6.06. The van der Waals surface area contributed by atoms with Crippen molar-refractivity contribution in [1.82, 2.24) is 0 Å². The number of aryl methyl sites for hydroxylation is 1. The van der Waals surface area contributed by atoms with E-state index in [9.17, 15) is 14.4 Å². The highest BCUT2D eigenvalue weighted by Gasteiger charge is 2.39. The molecule has 0 aliphatic carbocycles. The Balaban J connectivity index is 1.71. The number of nitrogens with one attached hydrogen (secondary N) is 2. The lowest BCUT2D eigenvalue weighted by molar-refractivity contribution is -0.121. The smallest absolute Gasteiger partial charge is 0.256 e. The Hall–Kier alpha value is -3.15. The molecule has 1 aliphatic heterocycles. The molecule has 6 nitrogen and oxygen atoms in total. The number of amides is 3. The summed E-state index contributed by atoms with van der Waals surface area (Å²) in [5, 5.41) is 5.77. The minimum atomic E-state index is -0.597. The van der Waals surface area contributed by atoms with Crippen molar-refractivity contribution in [2.75, 3.05) is 15.5 Å². The van der Waals surface area contributed by atoms with E-state index in [-0.39, 0.29) is 24.1 Å². The van der Waals surface area contributed by atoms with Gasteiger partial charge in [-0.3, -0.25) is 14.4 Å². The van der Waals surface area contributed by atoms with Crippen LogP contribution in [-0.4, -0.2) is 23.8 Å². The zero-order valence-electron chi connectivity index (χ0n) is 14.1. The van der Waals surface area contributed by atoms with Gasteiger partial charge in [0.05, 0.1) is 12.1 Å². The molecular formula is C19H19N3O3. The molecule has 1 unspecified atom stereocenters. The Morgan fingerprint density at radius 1 is 1.00 bits per heavy atom. The van der Waals surface area contributed by atoms with Gasteiger partial charge in [0.1, 0.15) is 6.04 Å². The van der Waals surface area contributed by atoms with Gasteiger partial charge < -0.3 is 10.6 Å². The number of nitrogens with zero attached hydrogens (tertiary/aromatic N) is 1. The summed E-state index contributed by atoms with van der Waals surface area (Å²) >= 11 is 0. The molecule has 2 aromatic rings. The number of carbonyl (C=O) groups is 3. The van der Waals surface area contributed by atoms with Crippen LogP contribution in [0.3, 0.4) is 0 Å². The molecular weight excluding hydrogens is 318 g/mol. The third-order valence-electron chi connectivity index (χ3n) is 3.98. The first kappa shape index (κ1) is 16.7. The fourth-order valence-corrected chi connectivity index (χ4v) is 2.76. The van der Waals surface area contributed by atoms with Crippen molar-refractivity contribution in [1.29, 1.82) is 0 Å². The Morgan fingerprint density at radius 3 is 2.20 bits per heavy atom. The summed E-state index contributed by atoms with van der Waals surface area (Å²) in [5.41, 5.74) is 3.04. The van der Waals surface area contributed by atoms with Crippen molar-refractivity contribution in [2.45, 2.75) is 26.3 Å². The SMILES string of the molecule is CC(=O)Nc1ccc(NC2CC(=O)N(c3ccc(C)cc3)C2=O)cc1. The number of anilines is 3. The van der Waals surface area contributed by atoms with Crippen LogP contribution in [0.4, 0.5) is 17.1 Å². The van der Waals surface area contributed by atoms with Gasteiger partial charge in [-0.05, 0) is 43.3 Å². The van der Waals surface area contributed by atoms with Crippen LogP contribution in [0.15, 0.2) is 48.5 Å². The maximum absolute atomic E-state index is 12.6. The van der Waals surface area contributed by atoms with Gasteiger partial charge >= 0.3 is 0 Å². The van der Waals surface area contributed by atoms with Crippen LogP contribution in [0.25, 0.3) is 0 Å². The first-order valence-corrected chi connectivity index (χ1v) is 8.02.